The van der Waals surface area contributed by atoms with Gasteiger partial charge in [-0.05, 0) is 67.9 Å². The molecule has 4 rings (SSSR count). The third-order valence-corrected chi connectivity index (χ3v) is 5.60. The molecule has 0 fully saturated rings. The third kappa shape index (κ3) is 5.06. The summed E-state index contributed by atoms with van der Waals surface area (Å²) in [6, 6.07) is 18.6. The molecule has 0 aliphatic carbocycles. The quantitative estimate of drug-likeness (QED) is 0.326. The third-order valence-electron chi connectivity index (χ3n) is 5.13. The van der Waals surface area contributed by atoms with E-state index in [-0.39, 0.29) is 5.69 Å². The van der Waals surface area contributed by atoms with Crippen molar-refractivity contribution in [3.8, 4) is 0 Å². The van der Waals surface area contributed by atoms with Crippen molar-refractivity contribution in [1.82, 2.24) is 4.68 Å². The van der Waals surface area contributed by atoms with Crippen molar-refractivity contribution in [3.05, 3.63) is 93.6 Å². The Morgan fingerprint density at radius 1 is 0.794 bits per heavy atom. The number of halogens is 2. The first-order valence-electron chi connectivity index (χ1n) is 10.3. The number of benzene rings is 3. The summed E-state index contributed by atoms with van der Waals surface area (Å²) in [5.74, 6) is -2.35. The number of rotatable bonds is 4. The zero-order valence-electron chi connectivity index (χ0n) is 18.3. The maximum atomic E-state index is 13.2. The van der Waals surface area contributed by atoms with Gasteiger partial charge < -0.3 is 10.6 Å². The Kier molecular flexibility index (Phi) is 6.58. The lowest BCUT2D eigenvalue weighted by atomic mass is 10.1. The van der Waals surface area contributed by atoms with Gasteiger partial charge >= 0.3 is 11.8 Å². The van der Waals surface area contributed by atoms with E-state index in [1.165, 1.54) is 10.7 Å². The van der Waals surface area contributed by atoms with Crippen molar-refractivity contribution in [2.45, 2.75) is 13.8 Å². The fraction of sp³-hybridized carbons (Fsp3) is 0.0800. The zero-order valence-corrected chi connectivity index (χ0v) is 19.8. The minimum atomic E-state index is -0.965. The average molecular weight is 495 g/mol. The topological polar surface area (TPSA) is 92.2 Å². The van der Waals surface area contributed by atoms with Crippen LogP contribution in [0.3, 0.4) is 0 Å². The second-order valence-corrected chi connectivity index (χ2v) is 8.62. The van der Waals surface area contributed by atoms with Crippen LogP contribution in [0.5, 0.6) is 0 Å². The van der Waals surface area contributed by atoms with Gasteiger partial charge in [-0.2, -0.15) is 0 Å². The number of nitrogens with one attached hydrogen (secondary N) is 3. The molecule has 172 valence electrons. The molecule has 0 atom stereocenters. The molecule has 3 aromatic carbocycles. The van der Waals surface area contributed by atoms with Gasteiger partial charge in [0.15, 0.2) is 0 Å². The van der Waals surface area contributed by atoms with Crippen LogP contribution in [0.25, 0.3) is 10.9 Å². The normalized spacial score (nSPS) is 10.7. The van der Waals surface area contributed by atoms with Gasteiger partial charge in [0, 0.05) is 26.8 Å². The van der Waals surface area contributed by atoms with Gasteiger partial charge in [0.1, 0.15) is 5.69 Å². The number of hydrogen-bond donors (Lipinski definition) is 3. The van der Waals surface area contributed by atoms with Crippen molar-refractivity contribution in [3.63, 3.8) is 0 Å². The van der Waals surface area contributed by atoms with Crippen LogP contribution < -0.4 is 16.1 Å². The molecule has 34 heavy (non-hydrogen) atoms. The molecule has 0 aliphatic rings. The Morgan fingerprint density at radius 3 is 2.29 bits per heavy atom. The number of nitrogens with zero attached hydrogens (tertiary/aromatic N) is 1. The lowest BCUT2D eigenvalue weighted by molar-refractivity contribution is -0.133. The highest BCUT2D eigenvalue weighted by molar-refractivity contribution is 6.42. The SMILES string of the molecule is Cc1ccc(NC(=O)c2cc3cc(Cl)ccc3n2NC(=O)C(=O)Nc2cccc(Cl)c2)c(C)c1. The summed E-state index contributed by atoms with van der Waals surface area (Å²) in [5, 5.41) is 6.84. The van der Waals surface area contributed by atoms with E-state index in [4.69, 9.17) is 23.2 Å². The lowest BCUT2D eigenvalue weighted by Gasteiger charge is -2.14. The molecule has 3 amide bonds. The van der Waals surface area contributed by atoms with Crippen LogP contribution >= 0.6 is 23.2 Å². The van der Waals surface area contributed by atoms with Gasteiger partial charge in [-0.1, -0.05) is 47.0 Å². The highest BCUT2D eigenvalue weighted by Crippen LogP contribution is 2.24. The van der Waals surface area contributed by atoms with E-state index < -0.39 is 17.7 Å². The second kappa shape index (κ2) is 9.59. The van der Waals surface area contributed by atoms with Gasteiger partial charge in [0.2, 0.25) is 0 Å². The van der Waals surface area contributed by atoms with Crippen LogP contribution in [-0.4, -0.2) is 22.4 Å². The molecule has 0 saturated carbocycles. The molecule has 3 N–H and O–H groups in total. The van der Waals surface area contributed by atoms with Crippen molar-refractivity contribution >= 4 is 63.2 Å². The summed E-state index contributed by atoms with van der Waals surface area (Å²) < 4.78 is 1.27. The number of fused-ring (bicyclic) bond motifs is 1. The van der Waals surface area contributed by atoms with E-state index in [1.54, 1.807) is 42.5 Å². The number of aromatic nitrogens is 1. The van der Waals surface area contributed by atoms with Crippen LogP contribution in [0.4, 0.5) is 11.4 Å². The van der Waals surface area contributed by atoms with E-state index in [1.807, 2.05) is 32.0 Å². The molecule has 0 spiro atoms. The van der Waals surface area contributed by atoms with E-state index in [0.29, 0.717) is 32.3 Å². The molecule has 0 aliphatic heterocycles. The molecule has 0 bridgehead atoms. The first-order chi connectivity index (χ1) is 16.2. The fourth-order valence-electron chi connectivity index (χ4n) is 3.52. The van der Waals surface area contributed by atoms with E-state index >= 15 is 0 Å². The summed E-state index contributed by atoms with van der Waals surface area (Å²) in [4.78, 5) is 38.4. The molecule has 4 aromatic rings. The summed E-state index contributed by atoms with van der Waals surface area (Å²) >= 11 is 12.0. The van der Waals surface area contributed by atoms with Crippen molar-refractivity contribution < 1.29 is 14.4 Å². The average Bonchev–Trinajstić information content (AvgIpc) is 3.13. The van der Waals surface area contributed by atoms with Gasteiger partial charge in [-0.25, -0.2) is 4.68 Å². The number of carbonyl (C=O) groups is 3. The number of carbonyl (C=O) groups excluding carboxylic acids is 3. The molecule has 0 unspecified atom stereocenters. The molecule has 0 radical (unpaired) electrons. The summed E-state index contributed by atoms with van der Waals surface area (Å²) in [6.45, 7) is 3.85. The Labute approximate surface area is 205 Å². The Balaban J connectivity index is 1.64. The minimum Gasteiger partial charge on any atom is -0.320 e. The van der Waals surface area contributed by atoms with Gasteiger partial charge in [0.25, 0.3) is 5.91 Å². The maximum absolute atomic E-state index is 13.2. The highest BCUT2D eigenvalue weighted by Gasteiger charge is 2.21. The predicted molar refractivity (Wildman–Crippen MR) is 135 cm³/mol. The van der Waals surface area contributed by atoms with Crippen LogP contribution in [0.2, 0.25) is 10.0 Å². The molecule has 7 nitrogen and oxygen atoms in total. The highest BCUT2D eigenvalue weighted by atomic mass is 35.5. The van der Waals surface area contributed by atoms with Crippen LogP contribution in [0.15, 0.2) is 66.7 Å². The number of hydrogen-bond acceptors (Lipinski definition) is 3. The molecule has 0 saturated heterocycles. The zero-order chi connectivity index (χ0) is 24.4. The lowest BCUT2D eigenvalue weighted by Crippen LogP contribution is -2.36. The maximum Gasteiger partial charge on any atom is 0.328 e. The standard InChI is InChI=1S/C25H20Cl2N4O3/c1-14-6-8-20(15(2)10-14)29-23(32)22-12-16-11-18(27)7-9-21(16)31(22)30-25(34)24(33)28-19-5-3-4-17(26)13-19/h3-13H,1-2H3,(H,28,33)(H,29,32)(H,30,34). The molecular formula is C25H20Cl2N4O3. The van der Waals surface area contributed by atoms with Crippen molar-refractivity contribution in [1.29, 1.82) is 0 Å². The Morgan fingerprint density at radius 2 is 1.56 bits per heavy atom. The Hall–Kier alpha value is -3.81. The second-order valence-electron chi connectivity index (χ2n) is 7.75. The largest absolute Gasteiger partial charge is 0.328 e. The van der Waals surface area contributed by atoms with Crippen LogP contribution in [0, 0.1) is 13.8 Å². The number of amides is 3. The summed E-state index contributed by atoms with van der Waals surface area (Å²) in [6.07, 6.45) is 0. The predicted octanol–water partition coefficient (Wildman–Crippen LogP) is 5.53. The number of aryl methyl sites for hydroxylation is 2. The van der Waals surface area contributed by atoms with E-state index in [0.717, 1.165) is 11.1 Å². The minimum absolute atomic E-state index is 0.126. The first kappa shape index (κ1) is 23.4. The van der Waals surface area contributed by atoms with Gasteiger partial charge in [0.05, 0.1) is 5.52 Å². The molecule has 1 aromatic heterocycles. The molecule has 1 heterocycles. The van der Waals surface area contributed by atoms with E-state index in [2.05, 4.69) is 16.1 Å². The monoisotopic (exact) mass is 494 g/mol. The number of anilines is 2. The molecule has 9 heteroatoms. The fourth-order valence-corrected chi connectivity index (χ4v) is 3.89. The first-order valence-corrected chi connectivity index (χ1v) is 11.0. The van der Waals surface area contributed by atoms with Gasteiger partial charge in [-0.3, -0.25) is 19.8 Å². The summed E-state index contributed by atoms with van der Waals surface area (Å²) in [5.41, 5.74) is 6.09. The smallest absolute Gasteiger partial charge is 0.320 e. The summed E-state index contributed by atoms with van der Waals surface area (Å²) in [7, 11) is 0. The van der Waals surface area contributed by atoms with Crippen molar-refractivity contribution in [2.75, 3.05) is 16.1 Å². The van der Waals surface area contributed by atoms with Gasteiger partial charge in [-0.15, -0.1) is 0 Å². The Bertz CT molecular complexity index is 1450. The molecular weight excluding hydrogens is 475 g/mol. The van der Waals surface area contributed by atoms with Crippen LogP contribution in [-0.2, 0) is 9.59 Å². The van der Waals surface area contributed by atoms with E-state index in [9.17, 15) is 14.4 Å². The van der Waals surface area contributed by atoms with Crippen LogP contribution in [0.1, 0.15) is 21.6 Å². The van der Waals surface area contributed by atoms with Crippen molar-refractivity contribution in [2.24, 2.45) is 0 Å².